The first-order valence-corrected chi connectivity index (χ1v) is 11.9. The van der Waals surface area contributed by atoms with Gasteiger partial charge in [-0.15, -0.1) is 0 Å². The topological polar surface area (TPSA) is 62.5 Å². The van der Waals surface area contributed by atoms with Crippen LogP contribution in [0.15, 0.2) is 47.3 Å². The maximum atomic E-state index is 12.9. The zero-order valence-electron chi connectivity index (χ0n) is 19.0. The third kappa shape index (κ3) is 4.16. The molecule has 1 N–H and O–H groups in total. The molecule has 7 nitrogen and oxygen atoms in total. The van der Waals surface area contributed by atoms with Gasteiger partial charge in [-0.05, 0) is 30.2 Å². The quantitative estimate of drug-likeness (QED) is 0.545. The van der Waals surface area contributed by atoms with E-state index in [0.29, 0.717) is 0 Å². The van der Waals surface area contributed by atoms with Crippen LogP contribution >= 0.6 is 15.9 Å². The molecule has 1 saturated heterocycles. The highest BCUT2D eigenvalue weighted by Crippen LogP contribution is 2.33. The van der Waals surface area contributed by atoms with Crippen LogP contribution in [0.5, 0.6) is 0 Å². The summed E-state index contributed by atoms with van der Waals surface area (Å²) in [6, 6.07) is 14.4. The summed E-state index contributed by atoms with van der Waals surface area (Å²) in [5.74, 6) is 0.0853. The number of halogens is 1. The Morgan fingerprint density at radius 1 is 0.938 bits per heavy atom. The number of alkyl halides is 1. The molecule has 1 fully saturated rings. The summed E-state index contributed by atoms with van der Waals surface area (Å²) in [4.78, 5) is 29.8. The van der Waals surface area contributed by atoms with Crippen LogP contribution in [0.25, 0.3) is 11.0 Å². The largest absolute Gasteiger partial charge is 0.368 e. The van der Waals surface area contributed by atoms with Crippen LogP contribution in [0.4, 0.5) is 17.1 Å². The van der Waals surface area contributed by atoms with E-state index in [2.05, 4.69) is 55.3 Å². The van der Waals surface area contributed by atoms with Crippen molar-refractivity contribution < 1.29 is 4.79 Å². The fourth-order valence-electron chi connectivity index (χ4n) is 4.24. The SMILES string of the molecule is CC(C)[C@@H](Br)C(=O)Nc1cc2c(cc1N1CCN(c3ccccc3)CC1)n(C)c(=O)n2C. The number of hydrogen-bond donors (Lipinski definition) is 1. The lowest BCUT2D eigenvalue weighted by Crippen LogP contribution is -2.46. The Morgan fingerprint density at radius 2 is 1.50 bits per heavy atom. The maximum absolute atomic E-state index is 12.9. The van der Waals surface area contributed by atoms with Crippen molar-refractivity contribution in [2.75, 3.05) is 41.3 Å². The average Bonchev–Trinajstić information content (AvgIpc) is 3.02. The molecule has 0 spiro atoms. The van der Waals surface area contributed by atoms with Crippen molar-refractivity contribution in [1.29, 1.82) is 0 Å². The van der Waals surface area contributed by atoms with Crippen molar-refractivity contribution in [3.8, 4) is 0 Å². The molecule has 2 heterocycles. The highest BCUT2D eigenvalue weighted by atomic mass is 79.9. The Kier molecular flexibility index (Phi) is 6.33. The number of anilines is 3. The number of amides is 1. The summed E-state index contributed by atoms with van der Waals surface area (Å²) < 4.78 is 3.28. The molecule has 0 aliphatic carbocycles. The second-order valence-corrected chi connectivity index (χ2v) is 9.69. The molecule has 0 bridgehead atoms. The van der Waals surface area contributed by atoms with Gasteiger partial charge in [0, 0.05) is 46.0 Å². The number of nitrogens with zero attached hydrogens (tertiary/aromatic N) is 4. The number of para-hydroxylation sites is 1. The van der Waals surface area contributed by atoms with Crippen LogP contribution in [0.3, 0.4) is 0 Å². The molecule has 4 rings (SSSR count). The standard InChI is InChI=1S/C24H30BrN5O2/c1-16(2)22(25)23(31)26-18-14-20-21(28(4)24(32)27(20)3)15-19(18)30-12-10-29(11-13-30)17-8-6-5-7-9-17/h5-9,14-16,22H,10-13H2,1-4H3,(H,26,31)/t22-/m1/s1. The van der Waals surface area contributed by atoms with Crippen LogP contribution in [0.2, 0.25) is 0 Å². The number of imidazole rings is 1. The first kappa shape index (κ1) is 22.5. The Bertz CT molecular complexity index is 1180. The summed E-state index contributed by atoms with van der Waals surface area (Å²) in [5, 5.41) is 3.11. The monoisotopic (exact) mass is 499 g/mol. The number of carbonyl (C=O) groups excluding carboxylic acids is 1. The summed E-state index contributed by atoms with van der Waals surface area (Å²) in [6.07, 6.45) is 0. The Labute approximate surface area is 196 Å². The summed E-state index contributed by atoms with van der Waals surface area (Å²) in [5.41, 5.74) is 4.49. The van der Waals surface area contributed by atoms with Gasteiger partial charge in [0.2, 0.25) is 5.91 Å². The minimum absolute atomic E-state index is 0.0792. The minimum Gasteiger partial charge on any atom is -0.368 e. The zero-order chi connectivity index (χ0) is 23.0. The number of carbonyl (C=O) groups is 1. The number of aromatic nitrogens is 2. The number of benzene rings is 2. The van der Waals surface area contributed by atoms with Crippen molar-refractivity contribution in [2.24, 2.45) is 20.0 Å². The van der Waals surface area contributed by atoms with Gasteiger partial charge in [-0.3, -0.25) is 13.9 Å². The van der Waals surface area contributed by atoms with E-state index in [9.17, 15) is 9.59 Å². The van der Waals surface area contributed by atoms with Gasteiger partial charge < -0.3 is 15.1 Å². The third-order valence-corrected chi connectivity index (χ3v) is 7.70. The fraction of sp³-hybridized carbons (Fsp3) is 0.417. The van der Waals surface area contributed by atoms with E-state index < -0.39 is 0 Å². The molecule has 1 atom stereocenters. The number of nitrogens with one attached hydrogen (secondary N) is 1. The van der Waals surface area contributed by atoms with E-state index in [1.165, 1.54) is 5.69 Å². The second-order valence-electron chi connectivity index (χ2n) is 8.70. The zero-order valence-corrected chi connectivity index (χ0v) is 20.6. The molecule has 2 aromatic carbocycles. The molecule has 0 unspecified atom stereocenters. The van der Waals surface area contributed by atoms with E-state index in [4.69, 9.17) is 0 Å². The fourth-order valence-corrected chi connectivity index (χ4v) is 4.36. The molecule has 1 aromatic heterocycles. The van der Waals surface area contributed by atoms with Gasteiger partial charge in [-0.25, -0.2) is 4.79 Å². The number of fused-ring (bicyclic) bond motifs is 1. The molecular formula is C24H30BrN5O2. The minimum atomic E-state index is -0.291. The van der Waals surface area contributed by atoms with E-state index in [0.717, 1.165) is 48.6 Å². The van der Waals surface area contributed by atoms with Gasteiger partial charge in [-0.2, -0.15) is 0 Å². The van der Waals surface area contributed by atoms with Crippen LogP contribution < -0.4 is 20.8 Å². The van der Waals surface area contributed by atoms with Crippen molar-refractivity contribution in [3.63, 3.8) is 0 Å². The smallest absolute Gasteiger partial charge is 0.328 e. The van der Waals surface area contributed by atoms with Crippen LogP contribution in [0, 0.1) is 5.92 Å². The van der Waals surface area contributed by atoms with E-state index >= 15 is 0 Å². The molecule has 1 aliphatic heterocycles. The van der Waals surface area contributed by atoms with Gasteiger partial charge in [0.15, 0.2) is 0 Å². The van der Waals surface area contributed by atoms with E-state index in [-0.39, 0.29) is 22.3 Å². The number of hydrogen-bond acceptors (Lipinski definition) is 4. The number of piperazine rings is 1. The Hall–Kier alpha value is -2.74. The first-order valence-electron chi connectivity index (χ1n) is 11.0. The molecule has 0 radical (unpaired) electrons. The molecule has 32 heavy (non-hydrogen) atoms. The van der Waals surface area contributed by atoms with Crippen molar-refractivity contribution in [1.82, 2.24) is 9.13 Å². The Balaban J connectivity index is 1.68. The normalized spacial score (nSPS) is 15.4. The van der Waals surface area contributed by atoms with Gasteiger partial charge in [0.25, 0.3) is 0 Å². The highest BCUT2D eigenvalue weighted by Gasteiger charge is 2.25. The lowest BCUT2D eigenvalue weighted by atomic mass is 10.1. The number of rotatable bonds is 5. The maximum Gasteiger partial charge on any atom is 0.328 e. The lowest BCUT2D eigenvalue weighted by molar-refractivity contribution is -0.116. The van der Waals surface area contributed by atoms with E-state index in [1.807, 2.05) is 32.0 Å². The van der Waals surface area contributed by atoms with Gasteiger partial charge in [-0.1, -0.05) is 48.0 Å². The van der Waals surface area contributed by atoms with Crippen molar-refractivity contribution in [2.45, 2.75) is 18.7 Å². The lowest BCUT2D eigenvalue weighted by Gasteiger charge is -2.38. The predicted octanol–water partition coefficient (Wildman–Crippen LogP) is 3.56. The molecule has 1 aliphatic rings. The first-order chi connectivity index (χ1) is 15.3. The van der Waals surface area contributed by atoms with Crippen molar-refractivity contribution in [3.05, 3.63) is 52.9 Å². The average molecular weight is 500 g/mol. The molecule has 0 saturated carbocycles. The van der Waals surface area contributed by atoms with Gasteiger partial charge >= 0.3 is 5.69 Å². The molecule has 1 amide bonds. The van der Waals surface area contributed by atoms with Crippen molar-refractivity contribution >= 4 is 49.9 Å². The molecule has 3 aromatic rings. The second kappa shape index (κ2) is 9.02. The van der Waals surface area contributed by atoms with Gasteiger partial charge in [0.05, 0.1) is 27.2 Å². The van der Waals surface area contributed by atoms with E-state index in [1.54, 1.807) is 23.2 Å². The summed E-state index contributed by atoms with van der Waals surface area (Å²) >= 11 is 3.51. The third-order valence-electron chi connectivity index (χ3n) is 6.22. The summed E-state index contributed by atoms with van der Waals surface area (Å²) in [6.45, 7) is 7.43. The van der Waals surface area contributed by atoms with Crippen LogP contribution in [-0.4, -0.2) is 46.0 Å². The highest BCUT2D eigenvalue weighted by molar-refractivity contribution is 9.10. The molecule has 8 heteroatoms. The Morgan fingerprint density at radius 3 is 2.09 bits per heavy atom. The molecular weight excluding hydrogens is 470 g/mol. The molecule has 170 valence electrons. The summed E-state index contributed by atoms with van der Waals surface area (Å²) in [7, 11) is 3.54. The van der Waals surface area contributed by atoms with Crippen LogP contribution in [0.1, 0.15) is 13.8 Å². The predicted molar refractivity (Wildman–Crippen MR) is 135 cm³/mol. The number of aryl methyl sites for hydroxylation is 2. The van der Waals surface area contributed by atoms with Crippen LogP contribution in [-0.2, 0) is 18.9 Å². The van der Waals surface area contributed by atoms with Gasteiger partial charge in [0.1, 0.15) is 0 Å².